The molecule has 0 spiro atoms. The zero-order valence-corrected chi connectivity index (χ0v) is 15.0. The first-order valence-electron chi connectivity index (χ1n) is 9.46. The maximum Gasteiger partial charge on any atom is 0.317 e. The van der Waals surface area contributed by atoms with Gasteiger partial charge >= 0.3 is 6.03 Å². The van der Waals surface area contributed by atoms with Crippen LogP contribution in [0.15, 0.2) is 36.8 Å². The Morgan fingerprint density at radius 3 is 2.92 bits per heavy atom. The fourth-order valence-corrected chi connectivity index (χ4v) is 3.93. The van der Waals surface area contributed by atoms with Gasteiger partial charge in [-0.2, -0.15) is 5.10 Å². The summed E-state index contributed by atoms with van der Waals surface area (Å²) < 4.78 is 2.13. The minimum atomic E-state index is 0.0752. The second kappa shape index (κ2) is 7.86. The minimum absolute atomic E-state index is 0.0752. The molecule has 1 N–H and O–H groups in total. The predicted molar refractivity (Wildman–Crippen MR) is 98.4 cm³/mol. The molecule has 0 aromatic carbocycles. The van der Waals surface area contributed by atoms with E-state index in [1.165, 1.54) is 11.3 Å². The number of rotatable bonds is 5. The number of nitrogens with zero attached hydrogens (tertiary/aromatic N) is 5. The Morgan fingerprint density at radius 1 is 1.23 bits per heavy atom. The fourth-order valence-electron chi connectivity index (χ4n) is 3.93. The summed E-state index contributed by atoms with van der Waals surface area (Å²) in [5, 5.41) is 7.59. The third-order valence-corrected chi connectivity index (χ3v) is 5.23. The molecule has 2 amide bonds. The number of fused-ring (bicyclic) bond motifs is 1. The number of hydrogen-bond acceptors (Lipinski definition) is 4. The van der Waals surface area contributed by atoms with E-state index in [2.05, 4.69) is 37.1 Å². The number of likely N-dealkylation sites (tertiary alicyclic amines) is 1. The number of nitrogens with one attached hydrogen (secondary N) is 1. The van der Waals surface area contributed by atoms with Gasteiger partial charge in [-0.05, 0) is 37.0 Å². The van der Waals surface area contributed by atoms with Crippen LogP contribution in [0.1, 0.15) is 36.6 Å². The first-order chi connectivity index (χ1) is 12.8. The van der Waals surface area contributed by atoms with Crippen LogP contribution in [0.5, 0.6) is 0 Å². The molecule has 1 atom stereocenters. The van der Waals surface area contributed by atoms with Crippen LogP contribution in [0, 0.1) is 0 Å². The van der Waals surface area contributed by atoms with Crippen molar-refractivity contribution < 1.29 is 4.79 Å². The Kier molecular flexibility index (Phi) is 5.15. The summed E-state index contributed by atoms with van der Waals surface area (Å²) >= 11 is 0. The van der Waals surface area contributed by atoms with Crippen molar-refractivity contribution in [3.05, 3.63) is 48.0 Å². The van der Waals surface area contributed by atoms with Gasteiger partial charge in [-0.15, -0.1) is 0 Å². The number of carbonyl (C=O) groups excluding carboxylic acids is 1. The van der Waals surface area contributed by atoms with Gasteiger partial charge < -0.3 is 10.2 Å². The van der Waals surface area contributed by atoms with Gasteiger partial charge in [-0.1, -0.05) is 6.07 Å². The van der Waals surface area contributed by atoms with Crippen LogP contribution in [-0.4, -0.2) is 56.8 Å². The largest absolute Gasteiger partial charge is 0.338 e. The standard InChI is InChI=1S/C19H26N6O/c26-19(24-10-1-2-11-24)21-8-5-17-14-23(13-16-4-3-7-20-12-16)15-18-6-9-22-25(17)18/h3-4,6-7,9,12,17H,1-2,5,8,10-11,13-15H2,(H,21,26)/t17-/m1/s1. The Morgan fingerprint density at radius 2 is 2.12 bits per heavy atom. The third-order valence-electron chi connectivity index (χ3n) is 5.23. The molecule has 138 valence electrons. The van der Waals surface area contributed by atoms with Crippen molar-refractivity contribution in [2.75, 3.05) is 26.2 Å². The minimum Gasteiger partial charge on any atom is -0.338 e. The SMILES string of the molecule is O=C(NCC[C@@H]1CN(Cc2cccnc2)Cc2ccnn21)N1CCCC1. The molecule has 26 heavy (non-hydrogen) atoms. The Balaban J connectivity index is 1.35. The maximum absolute atomic E-state index is 12.2. The monoisotopic (exact) mass is 354 g/mol. The molecule has 0 unspecified atom stereocenters. The van der Waals surface area contributed by atoms with E-state index in [4.69, 9.17) is 0 Å². The van der Waals surface area contributed by atoms with Gasteiger partial charge in [-0.3, -0.25) is 14.6 Å². The van der Waals surface area contributed by atoms with E-state index < -0.39 is 0 Å². The Labute approximate surface area is 154 Å². The van der Waals surface area contributed by atoms with Crippen molar-refractivity contribution >= 4 is 6.03 Å². The van der Waals surface area contributed by atoms with Crippen LogP contribution in [0.2, 0.25) is 0 Å². The number of pyridine rings is 1. The lowest BCUT2D eigenvalue weighted by molar-refractivity contribution is 0.160. The highest BCUT2D eigenvalue weighted by Gasteiger charge is 2.26. The van der Waals surface area contributed by atoms with E-state index >= 15 is 0 Å². The quantitative estimate of drug-likeness (QED) is 0.892. The lowest BCUT2D eigenvalue weighted by atomic mass is 10.1. The highest BCUT2D eigenvalue weighted by atomic mass is 16.2. The molecule has 0 saturated carbocycles. The number of amides is 2. The molecule has 1 saturated heterocycles. The summed E-state index contributed by atoms with van der Waals surface area (Å²) in [5.41, 5.74) is 2.46. The zero-order valence-electron chi connectivity index (χ0n) is 15.0. The van der Waals surface area contributed by atoms with E-state index in [1.54, 1.807) is 6.20 Å². The molecule has 0 radical (unpaired) electrons. The molecular formula is C19H26N6O. The molecule has 2 aromatic rings. The van der Waals surface area contributed by atoms with Crippen molar-refractivity contribution in [3.8, 4) is 0 Å². The van der Waals surface area contributed by atoms with Crippen LogP contribution >= 0.6 is 0 Å². The van der Waals surface area contributed by atoms with Gasteiger partial charge in [0.1, 0.15) is 0 Å². The van der Waals surface area contributed by atoms with E-state index in [0.29, 0.717) is 6.54 Å². The highest BCUT2D eigenvalue weighted by molar-refractivity contribution is 5.74. The van der Waals surface area contributed by atoms with Gasteiger partial charge in [0.2, 0.25) is 0 Å². The van der Waals surface area contributed by atoms with Crippen molar-refractivity contribution in [2.45, 2.75) is 38.4 Å². The Bertz CT molecular complexity index is 725. The molecular weight excluding hydrogens is 328 g/mol. The van der Waals surface area contributed by atoms with Crippen LogP contribution in [-0.2, 0) is 13.1 Å². The van der Waals surface area contributed by atoms with Gasteiger partial charge in [-0.25, -0.2) is 4.79 Å². The molecule has 2 aliphatic heterocycles. The second-order valence-corrected chi connectivity index (χ2v) is 7.17. The molecule has 7 heteroatoms. The molecule has 0 bridgehead atoms. The van der Waals surface area contributed by atoms with Crippen LogP contribution in [0.3, 0.4) is 0 Å². The van der Waals surface area contributed by atoms with Crippen LogP contribution in [0.25, 0.3) is 0 Å². The van der Waals surface area contributed by atoms with Gasteiger partial charge in [0, 0.05) is 57.9 Å². The van der Waals surface area contributed by atoms with Crippen molar-refractivity contribution in [3.63, 3.8) is 0 Å². The molecule has 7 nitrogen and oxygen atoms in total. The van der Waals surface area contributed by atoms with Gasteiger partial charge in [0.15, 0.2) is 0 Å². The van der Waals surface area contributed by atoms with E-state index in [0.717, 1.165) is 52.0 Å². The fraction of sp³-hybridized carbons (Fsp3) is 0.526. The number of hydrogen-bond donors (Lipinski definition) is 1. The first-order valence-corrected chi connectivity index (χ1v) is 9.46. The first kappa shape index (κ1) is 17.0. The van der Waals surface area contributed by atoms with E-state index in [9.17, 15) is 4.79 Å². The highest BCUT2D eigenvalue weighted by Crippen LogP contribution is 2.24. The number of aromatic nitrogens is 3. The summed E-state index contributed by atoms with van der Waals surface area (Å²) in [6.45, 7) is 5.17. The molecule has 1 fully saturated rings. The average Bonchev–Trinajstić information content (AvgIpc) is 3.34. The second-order valence-electron chi connectivity index (χ2n) is 7.17. The third kappa shape index (κ3) is 3.88. The lowest BCUT2D eigenvalue weighted by Gasteiger charge is -2.34. The molecule has 0 aliphatic carbocycles. The topological polar surface area (TPSA) is 66.3 Å². The molecule has 4 heterocycles. The lowest BCUT2D eigenvalue weighted by Crippen LogP contribution is -2.41. The number of urea groups is 1. The van der Waals surface area contributed by atoms with Gasteiger partial charge in [0.05, 0.1) is 11.7 Å². The van der Waals surface area contributed by atoms with Crippen molar-refractivity contribution in [2.24, 2.45) is 0 Å². The molecule has 2 aromatic heterocycles. The summed E-state index contributed by atoms with van der Waals surface area (Å²) in [7, 11) is 0. The summed E-state index contributed by atoms with van der Waals surface area (Å²) in [6, 6.07) is 6.54. The molecule has 2 aliphatic rings. The number of carbonyl (C=O) groups is 1. The van der Waals surface area contributed by atoms with Crippen LogP contribution < -0.4 is 5.32 Å². The summed E-state index contributed by atoms with van der Waals surface area (Å²) in [4.78, 5) is 20.7. The van der Waals surface area contributed by atoms with Gasteiger partial charge in [0.25, 0.3) is 0 Å². The average molecular weight is 354 g/mol. The van der Waals surface area contributed by atoms with Crippen molar-refractivity contribution in [1.29, 1.82) is 0 Å². The molecule has 4 rings (SSSR count). The van der Waals surface area contributed by atoms with E-state index in [-0.39, 0.29) is 12.1 Å². The summed E-state index contributed by atoms with van der Waals surface area (Å²) in [6.07, 6.45) is 8.74. The smallest absolute Gasteiger partial charge is 0.317 e. The van der Waals surface area contributed by atoms with Crippen LogP contribution in [0.4, 0.5) is 4.79 Å². The Hall–Kier alpha value is -2.41. The van der Waals surface area contributed by atoms with Crippen molar-refractivity contribution in [1.82, 2.24) is 29.9 Å². The summed E-state index contributed by atoms with van der Waals surface area (Å²) in [5.74, 6) is 0. The van der Waals surface area contributed by atoms with E-state index in [1.807, 2.05) is 23.4 Å². The normalized spacial score (nSPS) is 20.2. The maximum atomic E-state index is 12.2. The predicted octanol–water partition coefficient (Wildman–Crippen LogP) is 2.03. The zero-order chi connectivity index (χ0) is 17.8.